The normalized spacial score (nSPS) is 10.6. The Labute approximate surface area is 202 Å². The third-order valence-electron chi connectivity index (χ3n) is 4.10. The molecule has 0 saturated heterocycles. The number of hydrogen-bond donors (Lipinski definition) is 3. The molecule has 8 heteroatoms. The van der Waals surface area contributed by atoms with Crippen LogP contribution in [0.25, 0.3) is 0 Å². The molecule has 7 nitrogen and oxygen atoms in total. The Balaban J connectivity index is 0.00000480. The fourth-order valence-electron chi connectivity index (χ4n) is 2.79. The number of benzene rings is 2. The summed E-state index contributed by atoms with van der Waals surface area (Å²) in [6.07, 6.45) is 0.785. The van der Waals surface area contributed by atoms with Crippen molar-refractivity contribution < 1.29 is 14.3 Å². The Morgan fingerprint density at radius 2 is 1.65 bits per heavy atom. The van der Waals surface area contributed by atoms with Gasteiger partial charge in [-0.2, -0.15) is 0 Å². The van der Waals surface area contributed by atoms with E-state index in [9.17, 15) is 4.79 Å². The minimum atomic E-state index is -0.161. The molecule has 0 heterocycles. The van der Waals surface area contributed by atoms with E-state index in [4.69, 9.17) is 9.47 Å². The Bertz CT molecular complexity index is 816. The number of guanidine groups is 1. The fourth-order valence-corrected chi connectivity index (χ4v) is 2.79. The van der Waals surface area contributed by atoms with Crippen LogP contribution in [0.15, 0.2) is 53.5 Å². The Hall–Kier alpha value is -2.49. The van der Waals surface area contributed by atoms with E-state index < -0.39 is 0 Å². The summed E-state index contributed by atoms with van der Waals surface area (Å²) in [4.78, 5) is 16.5. The molecule has 0 bridgehead atoms. The molecular weight excluding hydrogens is 507 g/mol. The molecular formula is C23H33IN4O3. The van der Waals surface area contributed by atoms with Gasteiger partial charge < -0.3 is 25.4 Å². The monoisotopic (exact) mass is 540 g/mol. The quantitative estimate of drug-likeness (QED) is 0.229. The zero-order valence-corrected chi connectivity index (χ0v) is 20.8. The van der Waals surface area contributed by atoms with Crippen LogP contribution < -0.4 is 25.4 Å². The van der Waals surface area contributed by atoms with Crippen molar-refractivity contribution in [3.05, 3.63) is 54.1 Å². The SMILES string of the molecule is CCNC(=NCC(=O)Nc1ccccc1)NCCc1ccc(OCC)c(OCC)c1.I. The first-order chi connectivity index (χ1) is 14.7. The average Bonchev–Trinajstić information content (AvgIpc) is 2.75. The molecule has 0 aliphatic heterocycles. The van der Waals surface area contributed by atoms with Gasteiger partial charge in [0.15, 0.2) is 17.5 Å². The van der Waals surface area contributed by atoms with Crippen LogP contribution in [-0.4, -0.2) is 44.7 Å². The first-order valence-electron chi connectivity index (χ1n) is 10.4. The highest BCUT2D eigenvalue weighted by Crippen LogP contribution is 2.28. The van der Waals surface area contributed by atoms with E-state index in [1.807, 2.05) is 69.3 Å². The number of carbonyl (C=O) groups is 1. The van der Waals surface area contributed by atoms with Crippen molar-refractivity contribution in [3.63, 3.8) is 0 Å². The lowest BCUT2D eigenvalue weighted by atomic mass is 10.1. The second-order valence-electron chi connectivity index (χ2n) is 6.43. The van der Waals surface area contributed by atoms with Crippen LogP contribution in [0.2, 0.25) is 0 Å². The smallest absolute Gasteiger partial charge is 0.246 e. The van der Waals surface area contributed by atoms with Gasteiger partial charge in [0.2, 0.25) is 5.91 Å². The molecule has 2 aromatic rings. The number of amides is 1. The number of halogens is 1. The van der Waals surface area contributed by atoms with E-state index in [-0.39, 0.29) is 36.4 Å². The van der Waals surface area contributed by atoms with Crippen LogP contribution in [-0.2, 0) is 11.2 Å². The second kappa shape index (κ2) is 15.3. The highest BCUT2D eigenvalue weighted by Gasteiger charge is 2.07. The van der Waals surface area contributed by atoms with Crippen molar-refractivity contribution >= 4 is 41.5 Å². The second-order valence-corrected chi connectivity index (χ2v) is 6.43. The molecule has 3 N–H and O–H groups in total. The Kier molecular flexibility index (Phi) is 13.1. The summed E-state index contributed by atoms with van der Waals surface area (Å²) >= 11 is 0. The van der Waals surface area contributed by atoms with Gasteiger partial charge in [-0.3, -0.25) is 4.79 Å². The van der Waals surface area contributed by atoms with Gasteiger partial charge in [-0.05, 0) is 57.0 Å². The summed E-state index contributed by atoms with van der Waals surface area (Å²) in [6.45, 7) is 8.51. The van der Waals surface area contributed by atoms with Gasteiger partial charge in [-0.15, -0.1) is 24.0 Å². The Morgan fingerprint density at radius 3 is 2.32 bits per heavy atom. The summed E-state index contributed by atoms with van der Waals surface area (Å²) in [7, 11) is 0. The highest BCUT2D eigenvalue weighted by atomic mass is 127. The van der Waals surface area contributed by atoms with E-state index in [1.165, 1.54) is 0 Å². The third kappa shape index (κ3) is 9.91. The summed E-state index contributed by atoms with van der Waals surface area (Å²) in [5.74, 6) is 1.97. The number of anilines is 1. The number of nitrogens with zero attached hydrogens (tertiary/aromatic N) is 1. The molecule has 1 amide bonds. The number of aliphatic imine (C=N–C) groups is 1. The van der Waals surface area contributed by atoms with Gasteiger partial charge in [0.25, 0.3) is 0 Å². The van der Waals surface area contributed by atoms with E-state index in [0.717, 1.165) is 29.2 Å². The van der Waals surface area contributed by atoms with Crippen LogP contribution in [0, 0.1) is 0 Å². The predicted molar refractivity (Wildman–Crippen MR) is 137 cm³/mol. The molecule has 0 radical (unpaired) electrons. The van der Waals surface area contributed by atoms with E-state index in [0.29, 0.717) is 32.3 Å². The van der Waals surface area contributed by atoms with Gasteiger partial charge in [-0.1, -0.05) is 24.3 Å². The molecule has 2 rings (SSSR count). The maximum absolute atomic E-state index is 12.1. The topological polar surface area (TPSA) is 84.0 Å². The summed E-state index contributed by atoms with van der Waals surface area (Å²) < 4.78 is 11.3. The van der Waals surface area contributed by atoms with Crippen molar-refractivity contribution in [1.82, 2.24) is 10.6 Å². The van der Waals surface area contributed by atoms with Crippen molar-refractivity contribution in [2.24, 2.45) is 4.99 Å². The van der Waals surface area contributed by atoms with Gasteiger partial charge >= 0.3 is 0 Å². The first-order valence-corrected chi connectivity index (χ1v) is 10.4. The molecule has 0 unspecified atom stereocenters. The lowest BCUT2D eigenvalue weighted by Crippen LogP contribution is -2.39. The zero-order chi connectivity index (χ0) is 21.6. The van der Waals surface area contributed by atoms with Crippen LogP contribution in [0.4, 0.5) is 5.69 Å². The van der Waals surface area contributed by atoms with Crippen LogP contribution in [0.1, 0.15) is 26.3 Å². The van der Waals surface area contributed by atoms with E-state index in [1.54, 1.807) is 0 Å². The molecule has 170 valence electrons. The lowest BCUT2D eigenvalue weighted by molar-refractivity contribution is -0.114. The molecule has 0 aliphatic rings. The summed E-state index contributed by atoms with van der Waals surface area (Å²) in [5, 5.41) is 9.25. The molecule has 0 atom stereocenters. The number of hydrogen-bond acceptors (Lipinski definition) is 4. The highest BCUT2D eigenvalue weighted by molar-refractivity contribution is 14.0. The number of ether oxygens (including phenoxy) is 2. The van der Waals surface area contributed by atoms with Crippen molar-refractivity contribution in [1.29, 1.82) is 0 Å². The molecule has 2 aromatic carbocycles. The molecule has 31 heavy (non-hydrogen) atoms. The Morgan fingerprint density at radius 1 is 0.935 bits per heavy atom. The van der Waals surface area contributed by atoms with Gasteiger partial charge in [0, 0.05) is 18.8 Å². The van der Waals surface area contributed by atoms with Gasteiger partial charge in [0.05, 0.1) is 13.2 Å². The number of rotatable bonds is 11. The van der Waals surface area contributed by atoms with Crippen LogP contribution >= 0.6 is 24.0 Å². The summed E-state index contributed by atoms with van der Waals surface area (Å²) in [6, 6.07) is 15.3. The van der Waals surface area contributed by atoms with E-state index >= 15 is 0 Å². The third-order valence-corrected chi connectivity index (χ3v) is 4.10. The molecule has 0 saturated carbocycles. The first kappa shape index (κ1) is 26.5. The molecule has 0 spiro atoms. The number of para-hydroxylation sites is 1. The lowest BCUT2D eigenvalue weighted by Gasteiger charge is -2.14. The van der Waals surface area contributed by atoms with Crippen LogP contribution in [0.5, 0.6) is 11.5 Å². The van der Waals surface area contributed by atoms with Crippen molar-refractivity contribution in [2.75, 3.05) is 38.2 Å². The largest absolute Gasteiger partial charge is 0.490 e. The minimum Gasteiger partial charge on any atom is -0.490 e. The molecule has 0 fully saturated rings. The zero-order valence-electron chi connectivity index (χ0n) is 18.4. The standard InChI is InChI=1S/C23H32N4O3.HI/c1-4-24-23(26-17-22(28)27-19-10-8-7-9-11-19)25-15-14-18-12-13-20(29-5-2)21(16-18)30-6-3;/h7-13,16H,4-6,14-15,17H2,1-3H3,(H,27,28)(H2,24,25,26);1H. The molecule has 0 aromatic heterocycles. The van der Waals surface area contributed by atoms with Crippen molar-refractivity contribution in [2.45, 2.75) is 27.2 Å². The number of nitrogens with one attached hydrogen (secondary N) is 3. The van der Waals surface area contributed by atoms with Crippen LogP contribution in [0.3, 0.4) is 0 Å². The maximum Gasteiger partial charge on any atom is 0.246 e. The van der Waals surface area contributed by atoms with Gasteiger partial charge in [-0.25, -0.2) is 4.99 Å². The predicted octanol–water partition coefficient (Wildman–Crippen LogP) is 3.84. The summed E-state index contributed by atoms with van der Waals surface area (Å²) in [5.41, 5.74) is 1.89. The number of carbonyl (C=O) groups excluding carboxylic acids is 1. The van der Waals surface area contributed by atoms with Gasteiger partial charge in [0.1, 0.15) is 6.54 Å². The maximum atomic E-state index is 12.1. The molecule has 0 aliphatic carbocycles. The minimum absolute atomic E-state index is 0. The van der Waals surface area contributed by atoms with Crippen molar-refractivity contribution in [3.8, 4) is 11.5 Å². The fraction of sp³-hybridized carbons (Fsp3) is 0.391. The average molecular weight is 540 g/mol. The van der Waals surface area contributed by atoms with E-state index in [2.05, 4.69) is 20.9 Å².